The number of aromatic nitrogens is 1. The molecule has 2 aromatic rings. The molecule has 0 unspecified atom stereocenters. The lowest BCUT2D eigenvalue weighted by atomic mass is 10.2. The van der Waals surface area contributed by atoms with Gasteiger partial charge in [-0.1, -0.05) is 0 Å². The first-order valence-corrected chi connectivity index (χ1v) is 3.41. The van der Waals surface area contributed by atoms with Gasteiger partial charge in [0.2, 0.25) is 0 Å². The number of halogens is 4. The van der Waals surface area contributed by atoms with Crippen LogP contribution in [0.3, 0.4) is 0 Å². The Labute approximate surface area is 70.0 Å². The fourth-order valence-corrected chi connectivity index (χ4v) is 1.16. The van der Waals surface area contributed by atoms with Gasteiger partial charge in [0, 0.05) is 23.2 Å². The molecular formula is C8H3F4N. The molecule has 1 N–H and O–H groups in total. The van der Waals surface area contributed by atoms with Crippen LogP contribution in [-0.2, 0) is 0 Å². The molecule has 2 rings (SSSR count). The zero-order chi connectivity index (χ0) is 9.59. The van der Waals surface area contributed by atoms with Crippen LogP contribution in [0.2, 0.25) is 0 Å². The Morgan fingerprint density at radius 3 is 1.46 bits per heavy atom. The summed E-state index contributed by atoms with van der Waals surface area (Å²) in [5, 5.41) is -0.590. The smallest absolute Gasteiger partial charge is 0.198 e. The van der Waals surface area contributed by atoms with Gasteiger partial charge in [-0.3, -0.25) is 0 Å². The summed E-state index contributed by atoms with van der Waals surface area (Å²) in [6, 6.07) is 0. The van der Waals surface area contributed by atoms with Crippen LogP contribution in [0.15, 0.2) is 12.4 Å². The van der Waals surface area contributed by atoms with Crippen LogP contribution in [-0.4, -0.2) is 4.98 Å². The van der Waals surface area contributed by atoms with Crippen molar-refractivity contribution in [2.75, 3.05) is 0 Å². The molecule has 1 nitrogen and oxygen atoms in total. The van der Waals surface area contributed by atoms with Crippen molar-refractivity contribution in [3.8, 4) is 0 Å². The van der Waals surface area contributed by atoms with Crippen LogP contribution in [0, 0.1) is 23.3 Å². The molecule has 1 heterocycles. The second-order valence-electron chi connectivity index (χ2n) is 2.54. The zero-order valence-electron chi connectivity index (χ0n) is 6.17. The molecule has 68 valence electrons. The third-order valence-electron chi connectivity index (χ3n) is 1.80. The molecule has 0 fully saturated rings. The number of nitrogens with one attached hydrogen (secondary N) is 1. The predicted molar refractivity (Wildman–Crippen MR) is 38.1 cm³/mol. The van der Waals surface area contributed by atoms with Gasteiger partial charge in [0.1, 0.15) is 0 Å². The van der Waals surface area contributed by atoms with Crippen molar-refractivity contribution in [3.05, 3.63) is 35.7 Å². The molecule has 0 aliphatic carbocycles. The molecule has 0 aliphatic heterocycles. The van der Waals surface area contributed by atoms with Crippen molar-refractivity contribution in [2.24, 2.45) is 0 Å². The number of aromatic amines is 1. The highest BCUT2D eigenvalue weighted by Gasteiger charge is 2.20. The van der Waals surface area contributed by atoms with Gasteiger partial charge in [-0.25, -0.2) is 17.6 Å². The number of benzene rings is 1. The molecule has 0 saturated carbocycles. The standard InChI is InChI=1S/C8H3F4N/c9-5-3-1-13-2-4(3)6(10)8(12)7(5)11/h1-2,13H. The third-order valence-corrected chi connectivity index (χ3v) is 1.80. The van der Waals surface area contributed by atoms with E-state index in [4.69, 9.17) is 0 Å². The summed E-state index contributed by atoms with van der Waals surface area (Å²) in [7, 11) is 0. The van der Waals surface area contributed by atoms with Gasteiger partial charge in [0.05, 0.1) is 0 Å². The highest BCUT2D eigenvalue weighted by molar-refractivity contribution is 5.83. The summed E-state index contributed by atoms with van der Waals surface area (Å²) in [4.78, 5) is 2.36. The summed E-state index contributed by atoms with van der Waals surface area (Å²) in [6.45, 7) is 0. The molecule has 0 radical (unpaired) electrons. The molecule has 0 aliphatic rings. The molecule has 1 aromatic heterocycles. The quantitative estimate of drug-likeness (QED) is 0.372. The monoisotopic (exact) mass is 189 g/mol. The van der Waals surface area contributed by atoms with E-state index in [1.54, 1.807) is 0 Å². The van der Waals surface area contributed by atoms with Gasteiger partial charge in [-0.2, -0.15) is 0 Å². The van der Waals surface area contributed by atoms with Crippen LogP contribution < -0.4 is 0 Å². The average molecular weight is 189 g/mol. The van der Waals surface area contributed by atoms with E-state index in [-0.39, 0.29) is 10.8 Å². The second kappa shape index (κ2) is 2.48. The van der Waals surface area contributed by atoms with Crippen LogP contribution in [0.4, 0.5) is 17.6 Å². The van der Waals surface area contributed by atoms with E-state index < -0.39 is 23.3 Å². The number of hydrogen-bond acceptors (Lipinski definition) is 0. The van der Waals surface area contributed by atoms with E-state index in [0.29, 0.717) is 0 Å². The Bertz CT molecular complexity index is 432. The zero-order valence-corrected chi connectivity index (χ0v) is 6.17. The molecule has 0 saturated heterocycles. The fourth-order valence-electron chi connectivity index (χ4n) is 1.16. The number of rotatable bonds is 0. The van der Waals surface area contributed by atoms with Crippen molar-refractivity contribution in [2.45, 2.75) is 0 Å². The molecule has 0 bridgehead atoms. The Kier molecular flexibility index (Phi) is 1.55. The molecule has 1 aromatic carbocycles. The van der Waals surface area contributed by atoms with E-state index in [1.807, 2.05) is 0 Å². The highest BCUT2D eigenvalue weighted by Crippen LogP contribution is 2.25. The Balaban J connectivity index is 3.02. The van der Waals surface area contributed by atoms with Gasteiger partial charge >= 0.3 is 0 Å². The molecule has 5 heteroatoms. The van der Waals surface area contributed by atoms with Gasteiger partial charge in [-0.15, -0.1) is 0 Å². The van der Waals surface area contributed by atoms with Crippen LogP contribution >= 0.6 is 0 Å². The first kappa shape index (κ1) is 8.10. The summed E-state index contributed by atoms with van der Waals surface area (Å²) in [6.07, 6.45) is 2.13. The summed E-state index contributed by atoms with van der Waals surface area (Å²) in [5.41, 5.74) is 0. The first-order chi connectivity index (χ1) is 6.13. The molecule has 0 atom stereocenters. The Hall–Kier alpha value is -1.52. The van der Waals surface area contributed by atoms with Crippen LogP contribution in [0.25, 0.3) is 10.8 Å². The van der Waals surface area contributed by atoms with Crippen LogP contribution in [0.5, 0.6) is 0 Å². The largest absolute Gasteiger partial charge is 0.366 e. The summed E-state index contributed by atoms with van der Waals surface area (Å²) in [5.74, 6) is -6.33. The lowest BCUT2D eigenvalue weighted by Crippen LogP contribution is -1.95. The maximum Gasteiger partial charge on any atom is 0.198 e. The minimum atomic E-state index is -1.79. The molecule has 0 amide bonds. The minimum Gasteiger partial charge on any atom is -0.366 e. The van der Waals surface area contributed by atoms with E-state index in [0.717, 1.165) is 12.4 Å². The van der Waals surface area contributed by atoms with E-state index in [9.17, 15) is 17.6 Å². The minimum absolute atomic E-state index is 0.295. The van der Waals surface area contributed by atoms with Crippen molar-refractivity contribution in [1.29, 1.82) is 0 Å². The first-order valence-electron chi connectivity index (χ1n) is 3.41. The molecule has 13 heavy (non-hydrogen) atoms. The topological polar surface area (TPSA) is 15.8 Å². The second-order valence-corrected chi connectivity index (χ2v) is 2.54. The predicted octanol–water partition coefficient (Wildman–Crippen LogP) is 2.72. The fraction of sp³-hybridized carbons (Fsp3) is 0. The lowest BCUT2D eigenvalue weighted by Gasteiger charge is -1.98. The SMILES string of the molecule is Fc1c(F)c(F)c2c[nH]cc2c1F. The Morgan fingerprint density at radius 2 is 1.08 bits per heavy atom. The van der Waals surface area contributed by atoms with Crippen molar-refractivity contribution in [3.63, 3.8) is 0 Å². The van der Waals surface area contributed by atoms with Crippen molar-refractivity contribution in [1.82, 2.24) is 4.98 Å². The summed E-state index contributed by atoms with van der Waals surface area (Å²) < 4.78 is 50.9. The number of H-pyrrole nitrogens is 1. The van der Waals surface area contributed by atoms with Gasteiger partial charge in [0.15, 0.2) is 23.3 Å². The number of fused-ring (bicyclic) bond motifs is 1. The van der Waals surface area contributed by atoms with E-state index in [1.165, 1.54) is 0 Å². The van der Waals surface area contributed by atoms with Gasteiger partial charge in [0.25, 0.3) is 0 Å². The molecule has 0 spiro atoms. The lowest BCUT2D eigenvalue weighted by molar-refractivity contribution is 0.418. The highest BCUT2D eigenvalue weighted by atomic mass is 19.2. The summed E-state index contributed by atoms with van der Waals surface area (Å²) >= 11 is 0. The number of hydrogen-bond donors (Lipinski definition) is 1. The van der Waals surface area contributed by atoms with Gasteiger partial charge in [-0.05, 0) is 0 Å². The van der Waals surface area contributed by atoms with Crippen molar-refractivity contribution >= 4 is 10.8 Å². The maximum absolute atomic E-state index is 12.9. The average Bonchev–Trinajstić information content (AvgIpc) is 2.59. The normalized spacial score (nSPS) is 11.1. The maximum atomic E-state index is 12.9. The van der Waals surface area contributed by atoms with Gasteiger partial charge < -0.3 is 4.98 Å². The van der Waals surface area contributed by atoms with E-state index >= 15 is 0 Å². The molecular weight excluding hydrogens is 186 g/mol. The van der Waals surface area contributed by atoms with E-state index in [2.05, 4.69) is 4.98 Å². The third kappa shape index (κ3) is 0.929. The Morgan fingerprint density at radius 1 is 0.692 bits per heavy atom. The van der Waals surface area contributed by atoms with Crippen molar-refractivity contribution < 1.29 is 17.6 Å². The van der Waals surface area contributed by atoms with Crippen LogP contribution in [0.1, 0.15) is 0 Å².